The van der Waals surface area contributed by atoms with Crippen LogP contribution >= 0.6 is 0 Å². The van der Waals surface area contributed by atoms with Crippen molar-refractivity contribution >= 4 is 10.9 Å². The molecule has 0 aliphatic rings. The zero-order valence-corrected chi connectivity index (χ0v) is 12.2. The lowest BCUT2D eigenvalue weighted by atomic mass is 10.0. The highest BCUT2D eigenvalue weighted by Gasteiger charge is 2.05. The number of pyridine rings is 2. The van der Waals surface area contributed by atoms with Crippen LogP contribution in [0.4, 0.5) is 0 Å². The molecule has 3 heteroatoms. The van der Waals surface area contributed by atoms with Gasteiger partial charge in [-0.1, -0.05) is 31.2 Å². The van der Waals surface area contributed by atoms with Crippen molar-refractivity contribution in [3.8, 4) is 11.1 Å². The second kappa shape index (κ2) is 6.46. The number of nitrogens with one attached hydrogen (secondary N) is 1. The van der Waals surface area contributed by atoms with Crippen LogP contribution in [0.5, 0.6) is 0 Å². The van der Waals surface area contributed by atoms with Crippen LogP contribution in [0, 0.1) is 0 Å². The third kappa shape index (κ3) is 3.09. The first kappa shape index (κ1) is 13.7. The minimum absolute atomic E-state index is 0.854. The average molecular weight is 277 g/mol. The molecule has 2 aromatic heterocycles. The molecule has 0 amide bonds. The van der Waals surface area contributed by atoms with Crippen molar-refractivity contribution in [2.24, 2.45) is 0 Å². The Bertz CT molecular complexity index is 732. The van der Waals surface area contributed by atoms with Crippen LogP contribution in [-0.2, 0) is 6.54 Å². The van der Waals surface area contributed by atoms with Crippen LogP contribution in [-0.4, -0.2) is 16.5 Å². The van der Waals surface area contributed by atoms with E-state index in [1.165, 1.54) is 5.56 Å². The van der Waals surface area contributed by atoms with Crippen LogP contribution in [0.2, 0.25) is 0 Å². The Morgan fingerprint density at radius 1 is 1.10 bits per heavy atom. The Morgan fingerprint density at radius 2 is 2.00 bits per heavy atom. The van der Waals surface area contributed by atoms with E-state index < -0.39 is 0 Å². The van der Waals surface area contributed by atoms with Crippen molar-refractivity contribution in [3.05, 3.63) is 60.6 Å². The van der Waals surface area contributed by atoms with E-state index in [4.69, 9.17) is 0 Å². The van der Waals surface area contributed by atoms with E-state index in [2.05, 4.69) is 52.5 Å². The minimum Gasteiger partial charge on any atom is -0.313 e. The zero-order valence-electron chi connectivity index (χ0n) is 12.2. The zero-order chi connectivity index (χ0) is 14.5. The quantitative estimate of drug-likeness (QED) is 0.721. The number of para-hydroxylation sites is 1. The molecule has 0 radical (unpaired) electrons. The van der Waals surface area contributed by atoms with Gasteiger partial charge < -0.3 is 5.32 Å². The highest BCUT2D eigenvalue weighted by molar-refractivity contribution is 5.93. The van der Waals surface area contributed by atoms with Gasteiger partial charge in [0.2, 0.25) is 0 Å². The summed E-state index contributed by atoms with van der Waals surface area (Å²) in [4.78, 5) is 8.90. The Hall–Kier alpha value is -2.26. The van der Waals surface area contributed by atoms with E-state index in [1.54, 1.807) is 0 Å². The molecule has 1 aromatic carbocycles. The highest BCUT2D eigenvalue weighted by atomic mass is 14.8. The van der Waals surface area contributed by atoms with E-state index in [0.29, 0.717) is 0 Å². The predicted octanol–water partition coefficient (Wildman–Crippen LogP) is 3.80. The van der Waals surface area contributed by atoms with Crippen LogP contribution in [0.1, 0.15) is 18.9 Å². The first-order valence-electron chi connectivity index (χ1n) is 7.37. The van der Waals surface area contributed by atoms with Gasteiger partial charge in [-0.05, 0) is 30.7 Å². The SMILES string of the molecule is CCCNCc1cncc(-c2cccc3cccnc23)c1. The Balaban J connectivity index is 1.97. The fourth-order valence-corrected chi connectivity index (χ4v) is 2.48. The van der Waals surface area contributed by atoms with Gasteiger partial charge in [-0.3, -0.25) is 9.97 Å². The van der Waals surface area contributed by atoms with Crippen molar-refractivity contribution in [1.29, 1.82) is 0 Å². The molecule has 3 aromatic rings. The maximum Gasteiger partial charge on any atom is 0.0780 e. The maximum atomic E-state index is 4.52. The Kier molecular flexibility index (Phi) is 4.22. The second-order valence-electron chi connectivity index (χ2n) is 5.14. The molecule has 0 spiro atoms. The molecule has 2 heterocycles. The van der Waals surface area contributed by atoms with E-state index >= 15 is 0 Å². The van der Waals surface area contributed by atoms with Gasteiger partial charge in [-0.25, -0.2) is 0 Å². The lowest BCUT2D eigenvalue weighted by molar-refractivity contribution is 0.674. The Labute approximate surface area is 125 Å². The van der Waals surface area contributed by atoms with Crippen LogP contribution in [0.15, 0.2) is 55.0 Å². The maximum absolute atomic E-state index is 4.52. The third-order valence-corrected chi connectivity index (χ3v) is 3.49. The largest absolute Gasteiger partial charge is 0.313 e. The van der Waals surface area contributed by atoms with Gasteiger partial charge in [0, 0.05) is 41.6 Å². The summed E-state index contributed by atoms with van der Waals surface area (Å²) in [5.41, 5.74) is 4.49. The third-order valence-electron chi connectivity index (χ3n) is 3.49. The molecule has 3 rings (SSSR count). The molecule has 3 nitrogen and oxygen atoms in total. The minimum atomic E-state index is 0.854. The van der Waals surface area contributed by atoms with Crippen molar-refractivity contribution in [2.45, 2.75) is 19.9 Å². The topological polar surface area (TPSA) is 37.8 Å². The first-order valence-corrected chi connectivity index (χ1v) is 7.37. The summed E-state index contributed by atoms with van der Waals surface area (Å²) in [6, 6.07) is 12.5. The summed E-state index contributed by atoms with van der Waals surface area (Å²) in [6.07, 6.45) is 6.81. The molecule has 0 saturated carbocycles. The van der Waals surface area contributed by atoms with Crippen molar-refractivity contribution in [3.63, 3.8) is 0 Å². The molecule has 21 heavy (non-hydrogen) atoms. The van der Waals surface area contributed by atoms with Gasteiger partial charge in [0.25, 0.3) is 0 Å². The average Bonchev–Trinajstić information content (AvgIpc) is 2.55. The van der Waals surface area contributed by atoms with Crippen LogP contribution in [0.25, 0.3) is 22.0 Å². The molecule has 0 bridgehead atoms. The summed E-state index contributed by atoms with van der Waals surface area (Å²) in [7, 11) is 0. The lowest BCUT2D eigenvalue weighted by Gasteiger charge is -2.08. The van der Waals surface area contributed by atoms with Gasteiger partial charge in [0.1, 0.15) is 0 Å². The summed E-state index contributed by atoms with van der Waals surface area (Å²) >= 11 is 0. The molecule has 106 valence electrons. The normalized spacial score (nSPS) is 10.9. The van der Waals surface area contributed by atoms with Crippen molar-refractivity contribution in [2.75, 3.05) is 6.54 Å². The predicted molar refractivity (Wildman–Crippen MR) is 87.0 cm³/mol. The number of fused-ring (bicyclic) bond motifs is 1. The molecular weight excluding hydrogens is 258 g/mol. The second-order valence-corrected chi connectivity index (χ2v) is 5.14. The molecule has 0 saturated heterocycles. The number of hydrogen-bond donors (Lipinski definition) is 1. The van der Waals surface area contributed by atoms with Gasteiger partial charge in [0.05, 0.1) is 5.52 Å². The van der Waals surface area contributed by atoms with E-state index in [0.717, 1.165) is 41.5 Å². The van der Waals surface area contributed by atoms with E-state index in [-0.39, 0.29) is 0 Å². The molecule has 0 atom stereocenters. The molecule has 0 aliphatic heterocycles. The summed E-state index contributed by atoms with van der Waals surface area (Å²) in [5.74, 6) is 0. The number of benzene rings is 1. The smallest absolute Gasteiger partial charge is 0.0780 e. The van der Waals surface area contributed by atoms with Gasteiger partial charge in [0.15, 0.2) is 0 Å². The summed E-state index contributed by atoms with van der Waals surface area (Å²) in [5, 5.41) is 4.57. The molecule has 0 unspecified atom stereocenters. The van der Waals surface area contributed by atoms with Crippen LogP contribution in [0.3, 0.4) is 0 Å². The Morgan fingerprint density at radius 3 is 2.90 bits per heavy atom. The molecule has 0 fully saturated rings. The lowest BCUT2D eigenvalue weighted by Crippen LogP contribution is -2.13. The summed E-state index contributed by atoms with van der Waals surface area (Å²) < 4.78 is 0. The number of nitrogens with zero attached hydrogens (tertiary/aromatic N) is 2. The molecule has 0 aliphatic carbocycles. The van der Waals surface area contributed by atoms with Gasteiger partial charge in [-0.2, -0.15) is 0 Å². The molecule has 1 N–H and O–H groups in total. The molecular formula is C18H19N3. The van der Waals surface area contributed by atoms with E-state index in [9.17, 15) is 0 Å². The highest BCUT2D eigenvalue weighted by Crippen LogP contribution is 2.26. The van der Waals surface area contributed by atoms with Crippen molar-refractivity contribution in [1.82, 2.24) is 15.3 Å². The van der Waals surface area contributed by atoms with Gasteiger partial charge >= 0.3 is 0 Å². The fraction of sp³-hybridized carbons (Fsp3) is 0.222. The van der Waals surface area contributed by atoms with Gasteiger partial charge in [-0.15, -0.1) is 0 Å². The number of aromatic nitrogens is 2. The fourth-order valence-electron chi connectivity index (χ4n) is 2.48. The van der Waals surface area contributed by atoms with E-state index in [1.807, 2.05) is 24.7 Å². The van der Waals surface area contributed by atoms with Crippen molar-refractivity contribution < 1.29 is 0 Å². The van der Waals surface area contributed by atoms with Crippen LogP contribution < -0.4 is 5.32 Å². The monoisotopic (exact) mass is 277 g/mol. The standard InChI is InChI=1S/C18H19N3/c1-2-8-19-11-14-10-16(13-20-12-14)17-7-3-5-15-6-4-9-21-18(15)17/h3-7,9-10,12-13,19H,2,8,11H2,1H3. The number of hydrogen-bond acceptors (Lipinski definition) is 3. The number of rotatable bonds is 5. The summed E-state index contributed by atoms with van der Waals surface area (Å²) in [6.45, 7) is 4.05. The first-order chi connectivity index (χ1) is 10.4.